The summed E-state index contributed by atoms with van der Waals surface area (Å²) in [6.45, 7) is 2.72. The van der Waals surface area contributed by atoms with Crippen LogP contribution in [0.15, 0.2) is 12.2 Å². The monoisotopic (exact) mass is 276 g/mol. The number of carboxylic acids is 5. The van der Waals surface area contributed by atoms with Gasteiger partial charge in [-0.1, -0.05) is 6.58 Å². The van der Waals surface area contributed by atoms with Gasteiger partial charge in [-0.3, -0.25) is 19.2 Å². The SMILES string of the molecule is C=C(C(=O)O)C(C(=O)O)C(C(=O)O)(C(=O)O)C(=O)O. The number of hydrogen-bond donors (Lipinski definition) is 5. The Labute approximate surface area is 104 Å². The molecule has 0 aromatic rings. The van der Waals surface area contributed by atoms with Gasteiger partial charge in [-0.25, -0.2) is 4.79 Å². The second-order valence-corrected chi connectivity index (χ2v) is 3.33. The molecular formula is C9H8O10. The molecule has 10 nitrogen and oxygen atoms in total. The highest BCUT2D eigenvalue weighted by Gasteiger charge is 2.64. The maximum Gasteiger partial charge on any atom is 0.334 e. The van der Waals surface area contributed by atoms with Gasteiger partial charge in [0.2, 0.25) is 0 Å². The van der Waals surface area contributed by atoms with Crippen molar-refractivity contribution in [2.45, 2.75) is 0 Å². The molecule has 0 aliphatic heterocycles. The number of carbonyl (C=O) groups is 5. The van der Waals surface area contributed by atoms with Crippen molar-refractivity contribution in [3.8, 4) is 0 Å². The topological polar surface area (TPSA) is 186 Å². The third-order valence-electron chi connectivity index (χ3n) is 2.32. The molecule has 0 radical (unpaired) electrons. The number of carboxylic acid groups (broad SMARTS) is 5. The van der Waals surface area contributed by atoms with E-state index in [0.717, 1.165) is 0 Å². The molecule has 0 aromatic heterocycles. The summed E-state index contributed by atoms with van der Waals surface area (Å²) < 4.78 is 0. The average molecular weight is 276 g/mol. The van der Waals surface area contributed by atoms with Crippen molar-refractivity contribution in [1.29, 1.82) is 0 Å². The van der Waals surface area contributed by atoms with E-state index in [9.17, 15) is 24.0 Å². The molecule has 0 aliphatic rings. The Balaban J connectivity index is 6.37. The van der Waals surface area contributed by atoms with Gasteiger partial charge in [0.25, 0.3) is 5.41 Å². The zero-order chi connectivity index (χ0) is 15.5. The minimum Gasteiger partial charge on any atom is -0.481 e. The zero-order valence-electron chi connectivity index (χ0n) is 9.06. The van der Waals surface area contributed by atoms with Gasteiger partial charge in [0.05, 0.1) is 0 Å². The molecule has 1 atom stereocenters. The molecule has 0 rings (SSSR count). The largest absolute Gasteiger partial charge is 0.481 e. The molecule has 0 aromatic carbocycles. The van der Waals surface area contributed by atoms with Crippen molar-refractivity contribution >= 4 is 29.8 Å². The van der Waals surface area contributed by atoms with Gasteiger partial charge in [0.15, 0.2) is 0 Å². The molecule has 0 spiro atoms. The highest BCUT2D eigenvalue weighted by molar-refractivity contribution is 6.20. The van der Waals surface area contributed by atoms with E-state index in [4.69, 9.17) is 25.5 Å². The van der Waals surface area contributed by atoms with Crippen LogP contribution in [0.4, 0.5) is 0 Å². The fourth-order valence-corrected chi connectivity index (χ4v) is 1.36. The highest BCUT2D eigenvalue weighted by atomic mass is 16.4. The Morgan fingerprint density at radius 1 is 0.789 bits per heavy atom. The van der Waals surface area contributed by atoms with Crippen molar-refractivity contribution in [3.05, 3.63) is 12.2 Å². The van der Waals surface area contributed by atoms with Crippen LogP contribution >= 0.6 is 0 Å². The van der Waals surface area contributed by atoms with Gasteiger partial charge < -0.3 is 25.5 Å². The molecule has 1 unspecified atom stereocenters. The van der Waals surface area contributed by atoms with E-state index in [1.54, 1.807) is 0 Å². The third kappa shape index (κ3) is 2.36. The molecule has 10 heteroatoms. The van der Waals surface area contributed by atoms with Crippen molar-refractivity contribution < 1.29 is 49.5 Å². The Kier molecular flexibility index (Phi) is 4.37. The molecule has 0 aliphatic carbocycles. The molecular weight excluding hydrogens is 268 g/mol. The lowest BCUT2D eigenvalue weighted by molar-refractivity contribution is -0.184. The van der Waals surface area contributed by atoms with Crippen molar-refractivity contribution in [2.24, 2.45) is 11.3 Å². The number of aliphatic carboxylic acids is 5. The van der Waals surface area contributed by atoms with E-state index in [2.05, 4.69) is 6.58 Å². The molecule has 5 N–H and O–H groups in total. The minimum atomic E-state index is -3.89. The number of rotatable bonds is 7. The van der Waals surface area contributed by atoms with Gasteiger partial charge in [-0.15, -0.1) is 0 Å². The summed E-state index contributed by atoms with van der Waals surface area (Å²) in [6, 6.07) is 0. The molecule has 104 valence electrons. The van der Waals surface area contributed by atoms with Crippen LogP contribution in [0.25, 0.3) is 0 Å². The Morgan fingerprint density at radius 3 is 1.26 bits per heavy atom. The lowest BCUT2D eigenvalue weighted by Gasteiger charge is -2.26. The van der Waals surface area contributed by atoms with Gasteiger partial charge in [0.1, 0.15) is 5.92 Å². The molecule has 0 bridgehead atoms. The van der Waals surface area contributed by atoms with Crippen LogP contribution in [-0.4, -0.2) is 55.4 Å². The molecule has 19 heavy (non-hydrogen) atoms. The summed E-state index contributed by atoms with van der Waals surface area (Å²) in [5.41, 5.74) is -5.26. The first kappa shape index (κ1) is 16.1. The van der Waals surface area contributed by atoms with Gasteiger partial charge >= 0.3 is 29.8 Å². The van der Waals surface area contributed by atoms with Crippen LogP contribution in [0.2, 0.25) is 0 Å². The summed E-state index contributed by atoms with van der Waals surface area (Å²) in [5, 5.41) is 43.6. The summed E-state index contributed by atoms with van der Waals surface area (Å²) in [6.07, 6.45) is 0. The predicted molar refractivity (Wildman–Crippen MR) is 53.2 cm³/mol. The Bertz CT molecular complexity index is 451. The zero-order valence-corrected chi connectivity index (χ0v) is 9.06. The van der Waals surface area contributed by atoms with E-state index in [1.165, 1.54) is 0 Å². The summed E-state index contributed by atoms with van der Waals surface area (Å²) in [5.74, 6) is -14.7. The second-order valence-electron chi connectivity index (χ2n) is 3.33. The van der Waals surface area contributed by atoms with E-state index in [-0.39, 0.29) is 0 Å². The maximum absolute atomic E-state index is 10.9. The second kappa shape index (κ2) is 5.16. The fourth-order valence-electron chi connectivity index (χ4n) is 1.36. The summed E-state index contributed by atoms with van der Waals surface area (Å²) in [7, 11) is 0. The lowest BCUT2D eigenvalue weighted by atomic mass is 9.71. The van der Waals surface area contributed by atoms with Crippen LogP contribution in [0.3, 0.4) is 0 Å². The lowest BCUT2D eigenvalue weighted by Crippen LogP contribution is -2.55. The molecule has 0 heterocycles. The van der Waals surface area contributed by atoms with Crippen molar-refractivity contribution in [3.63, 3.8) is 0 Å². The Hall–Kier alpha value is -2.91. The normalized spacial score (nSPS) is 12.2. The van der Waals surface area contributed by atoms with Crippen molar-refractivity contribution in [2.75, 3.05) is 0 Å². The van der Waals surface area contributed by atoms with E-state index >= 15 is 0 Å². The van der Waals surface area contributed by atoms with Crippen LogP contribution in [0.1, 0.15) is 0 Å². The smallest absolute Gasteiger partial charge is 0.334 e. The summed E-state index contributed by atoms with van der Waals surface area (Å²) in [4.78, 5) is 54.3. The van der Waals surface area contributed by atoms with E-state index in [0.29, 0.717) is 0 Å². The van der Waals surface area contributed by atoms with E-state index < -0.39 is 46.8 Å². The average Bonchev–Trinajstić information content (AvgIpc) is 2.21. The van der Waals surface area contributed by atoms with Crippen LogP contribution in [0.5, 0.6) is 0 Å². The van der Waals surface area contributed by atoms with Crippen LogP contribution < -0.4 is 0 Å². The van der Waals surface area contributed by atoms with Crippen LogP contribution in [-0.2, 0) is 24.0 Å². The summed E-state index contributed by atoms with van der Waals surface area (Å²) >= 11 is 0. The van der Waals surface area contributed by atoms with Gasteiger partial charge in [-0.05, 0) is 0 Å². The number of hydrogen-bond acceptors (Lipinski definition) is 5. The standard InChI is InChI=1S/C9H8O10/c1-2(4(10)11)3(5(12)13)9(6(14)15,7(16)17)8(18)19/h3H,1H2,(H,10,11)(H,12,13)(H,14,15)(H,16,17)(H,18,19). The van der Waals surface area contributed by atoms with Gasteiger partial charge in [-0.2, -0.15) is 0 Å². The molecule has 0 saturated heterocycles. The third-order valence-corrected chi connectivity index (χ3v) is 2.32. The fraction of sp³-hybridized carbons (Fsp3) is 0.222. The van der Waals surface area contributed by atoms with Crippen LogP contribution in [0, 0.1) is 11.3 Å². The first-order chi connectivity index (χ1) is 8.51. The van der Waals surface area contributed by atoms with Gasteiger partial charge in [0, 0.05) is 5.57 Å². The quantitative estimate of drug-likeness (QED) is 0.272. The Morgan fingerprint density at radius 2 is 1.11 bits per heavy atom. The maximum atomic E-state index is 10.9. The van der Waals surface area contributed by atoms with E-state index in [1.807, 2.05) is 0 Å². The molecule has 0 amide bonds. The molecule has 0 saturated carbocycles. The minimum absolute atomic E-state index is 1.38. The first-order valence-corrected chi connectivity index (χ1v) is 4.36. The van der Waals surface area contributed by atoms with Crippen molar-refractivity contribution in [1.82, 2.24) is 0 Å². The highest BCUT2D eigenvalue weighted by Crippen LogP contribution is 2.35. The predicted octanol–water partition coefficient (Wildman–Crippen LogP) is -1.43. The first-order valence-electron chi connectivity index (χ1n) is 4.36. The molecule has 0 fully saturated rings.